The van der Waals surface area contributed by atoms with Gasteiger partial charge in [-0.25, -0.2) is 4.79 Å². The van der Waals surface area contributed by atoms with Gasteiger partial charge in [-0.05, 0) is 36.4 Å². The quantitative estimate of drug-likeness (QED) is 0.504. The van der Waals surface area contributed by atoms with Gasteiger partial charge in [0.25, 0.3) is 5.89 Å². The first-order chi connectivity index (χ1) is 13.2. The molecule has 0 aliphatic carbocycles. The first-order valence-electron chi connectivity index (χ1n) is 8.11. The molecule has 0 saturated carbocycles. The van der Waals surface area contributed by atoms with Gasteiger partial charge in [0.05, 0.1) is 12.8 Å². The fourth-order valence-electron chi connectivity index (χ4n) is 2.52. The van der Waals surface area contributed by atoms with Gasteiger partial charge in [0.15, 0.2) is 5.76 Å². The van der Waals surface area contributed by atoms with E-state index in [9.17, 15) is 4.79 Å². The summed E-state index contributed by atoms with van der Waals surface area (Å²) >= 11 is 6.11. The number of hydrogen-bond donors (Lipinski definition) is 0. The maximum absolute atomic E-state index is 12.1. The molecule has 136 valence electrons. The van der Waals surface area contributed by atoms with E-state index in [1.54, 1.807) is 42.7 Å². The van der Waals surface area contributed by atoms with E-state index in [4.69, 9.17) is 25.2 Å². The summed E-state index contributed by atoms with van der Waals surface area (Å²) in [6.07, 6.45) is 4.91. The van der Waals surface area contributed by atoms with Crippen molar-refractivity contribution in [2.45, 2.75) is 13.2 Å². The molecule has 4 aromatic rings. The Morgan fingerprint density at radius 3 is 2.89 bits per heavy atom. The van der Waals surface area contributed by atoms with E-state index < -0.39 is 5.76 Å². The van der Waals surface area contributed by atoms with Gasteiger partial charge in [-0.3, -0.25) is 4.98 Å². The number of benzene rings is 1. The van der Waals surface area contributed by atoms with Crippen molar-refractivity contribution in [2.75, 3.05) is 0 Å². The molecule has 0 bridgehead atoms. The highest BCUT2D eigenvalue weighted by Crippen LogP contribution is 2.25. The highest BCUT2D eigenvalue weighted by atomic mass is 35.5. The van der Waals surface area contributed by atoms with Crippen molar-refractivity contribution in [2.24, 2.45) is 0 Å². The van der Waals surface area contributed by atoms with E-state index in [0.29, 0.717) is 28.7 Å². The second-order valence-electron chi connectivity index (χ2n) is 5.71. The maximum Gasteiger partial charge on any atom is 0.437 e. The SMILES string of the molecule is O=c1oc(-c2ccco2)nn1Cc1cc(Cl)ccc1OCc1cccnc1. The Morgan fingerprint density at radius 1 is 1.19 bits per heavy atom. The van der Waals surface area contributed by atoms with Crippen LogP contribution in [0.25, 0.3) is 11.7 Å². The number of aromatic nitrogens is 3. The van der Waals surface area contributed by atoms with Gasteiger partial charge in [0.1, 0.15) is 12.4 Å². The van der Waals surface area contributed by atoms with Crippen LogP contribution in [0, 0.1) is 0 Å². The minimum atomic E-state index is -0.598. The van der Waals surface area contributed by atoms with Crippen LogP contribution in [-0.2, 0) is 13.2 Å². The zero-order valence-corrected chi connectivity index (χ0v) is 14.8. The minimum Gasteiger partial charge on any atom is -0.488 e. The van der Waals surface area contributed by atoms with Crippen LogP contribution >= 0.6 is 11.6 Å². The molecule has 3 heterocycles. The van der Waals surface area contributed by atoms with E-state index >= 15 is 0 Å². The molecule has 0 aliphatic heterocycles. The minimum absolute atomic E-state index is 0.116. The summed E-state index contributed by atoms with van der Waals surface area (Å²) in [5.41, 5.74) is 1.63. The number of halogens is 1. The van der Waals surface area contributed by atoms with Crippen molar-refractivity contribution in [3.8, 4) is 17.4 Å². The second-order valence-corrected chi connectivity index (χ2v) is 6.15. The predicted octanol–water partition coefficient (Wildman–Crippen LogP) is 3.77. The Morgan fingerprint density at radius 2 is 2.11 bits per heavy atom. The predicted molar refractivity (Wildman–Crippen MR) is 97.6 cm³/mol. The number of furan rings is 1. The van der Waals surface area contributed by atoms with Gasteiger partial charge < -0.3 is 13.6 Å². The van der Waals surface area contributed by atoms with E-state index in [1.165, 1.54) is 10.9 Å². The van der Waals surface area contributed by atoms with Crippen LogP contribution in [-0.4, -0.2) is 14.8 Å². The largest absolute Gasteiger partial charge is 0.488 e. The van der Waals surface area contributed by atoms with Gasteiger partial charge in [-0.15, -0.1) is 5.10 Å². The third-order valence-corrected chi connectivity index (χ3v) is 4.03. The van der Waals surface area contributed by atoms with Crippen LogP contribution in [0.3, 0.4) is 0 Å². The van der Waals surface area contributed by atoms with Crippen LogP contribution < -0.4 is 10.5 Å². The van der Waals surface area contributed by atoms with E-state index in [0.717, 1.165) is 5.56 Å². The van der Waals surface area contributed by atoms with Gasteiger partial charge in [-0.1, -0.05) is 17.7 Å². The summed E-state index contributed by atoms with van der Waals surface area (Å²) < 4.78 is 17.4. The number of nitrogens with zero attached hydrogens (tertiary/aromatic N) is 3. The molecular formula is C19H14ClN3O4. The Hall–Kier alpha value is -3.32. The van der Waals surface area contributed by atoms with Gasteiger partial charge in [0.2, 0.25) is 0 Å². The summed E-state index contributed by atoms with van der Waals surface area (Å²) in [6.45, 7) is 0.486. The zero-order chi connectivity index (χ0) is 18.6. The van der Waals surface area contributed by atoms with Crippen LogP contribution in [0.5, 0.6) is 5.75 Å². The monoisotopic (exact) mass is 383 g/mol. The molecule has 27 heavy (non-hydrogen) atoms. The third kappa shape index (κ3) is 3.93. The number of pyridine rings is 1. The fourth-order valence-corrected chi connectivity index (χ4v) is 2.72. The highest BCUT2D eigenvalue weighted by molar-refractivity contribution is 6.30. The molecule has 0 unspecified atom stereocenters. The molecule has 0 spiro atoms. The number of ether oxygens (including phenoxy) is 1. The molecule has 8 heteroatoms. The molecule has 0 aliphatic rings. The van der Waals surface area contributed by atoms with Crippen molar-refractivity contribution in [3.05, 3.63) is 87.8 Å². The van der Waals surface area contributed by atoms with Crippen molar-refractivity contribution < 1.29 is 13.6 Å². The topological polar surface area (TPSA) is 83.3 Å². The Labute approximate surface area is 158 Å². The third-order valence-electron chi connectivity index (χ3n) is 3.80. The van der Waals surface area contributed by atoms with Crippen molar-refractivity contribution >= 4 is 11.6 Å². The first-order valence-corrected chi connectivity index (χ1v) is 8.49. The molecule has 4 rings (SSSR count). The lowest BCUT2D eigenvalue weighted by Crippen LogP contribution is -2.17. The molecule has 0 atom stereocenters. The van der Waals surface area contributed by atoms with Crippen molar-refractivity contribution in [3.63, 3.8) is 0 Å². The number of rotatable bonds is 6. The Balaban J connectivity index is 1.58. The summed E-state index contributed by atoms with van der Waals surface area (Å²) in [7, 11) is 0. The van der Waals surface area contributed by atoms with Crippen LogP contribution in [0.15, 0.2) is 74.8 Å². The van der Waals surface area contributed by atoms with Crippen LogP contribution in [0.4, 0.5) is 0 Å². The first kappa shape index (κ1) is 17.1. The zero-order valence-electron chi connectivity index (χ0n) is 14.0. The van der Waals surface area contributed by atoms with E-state index in [-0.39, 0.29) is 12.4 Å². The molecule has 3 aromatic heterocycles. The summed E-state index contributed by atoms with van der Waals surface area (Å²) in [5.74, 6) is 0.493. The lowest BCUT2D eigenvalue weighted by atomic mass is 10.2. The van der Waals surface area contributed by atoms with E-state index in [2.05, 4.69) is 10.1 Å². The fraction of sp³-hybridized carbons (Fsp3) is 0.105. The van der Waals surface area contributed by atoms with Gasteiger partial charge in [0, 0.05) is 28.5 Å². The molecule has 1 aromatic carbocycles. The molecule has 0 saturated heterocycles. The van der Waals surface area contributed by atoms with Crippen molar-refractivity contribution in [1.82, 2.24) is 14.8 Å². The lowest BCUT2D eigenvalue weighted by molar-refractivity contribution is 0.301. The van der Waals surface area contributed by atoms with Crippen molar-refractivity contribution in [1.29, 1.82) is 0 Å². The molecule has 0 fully saturated rings. The average Bonchev–Trinajstić information content (AvgIpc) is 3.32. The standard InChI is InChI=1S/C19H14ClN3O4/c20-15-5-6-16(26-12-13-3-1-7-21-10-13)14(9-15)11-23-19(24)27-18(22-23)17-4-2-8-25-17/h1-10H,11-12H2. The molecule has 0 radical (unpaired) electrons. The maximum atomic E-state index is 12.1. The summed E-state index contributed by atoms with van der Waals surface area (Å²) in [6, 6.07) is 12.3. The smallest absolute Gasteiger partial charge is 0.437 e. The van der Waals surface area contributed by atoms with Gasteiger partial charge in [-0.2, -0.15) is 4.68 Å². The second kappa shape index (κ2) is 7.51. The van der Waals surface area contributed by atoms with Crippen LogP contribution in [0.1, 0.15) is 11.1 Å². The number of hydrogen-bond acceptors (Lipinski definition) is 6. The Bertz CT molecular complexity index is 1090. The average molecular weight is 384 g/mol. The van der Waals surface area contributed by atoms with Gasteiger partial charge >= 0.3 is 5.76 Å². The summed E-state index contributed by atoms with van der Waals surface area (Å²) in [4.78, 5) is 16.2. The highest BCUT2D eigenvalue weighted by Gasteiger charge is 2.15. The molecule has 0 N–H and O–H groups in total. The lowest BCUT2D eigenvalue weighted by Gasteiger charge is -2.11. The molecular weight excluding hydrogens is 370 g/mol. The molecule has 0 amide bonds. The Kier molecular flexibility index (Phi) is 4.76. The summed E-state index contributed by atoms with van der Waals surface area (Å²) in [5, 5.41) is 4.70. The normalized spacial score (nSPS) is 10.9. The molecule has 7 nitrogen and oxygen atoms in total. The van der Waals surface area contributed by atoms with Crippen LogP contribution in [0.2, 0.25) is 5.02 Å². The van der Waals surface area contributed by atoms with E-state index in [1.807, 2.05) is 12.1 Å².